The van der Waals surface area contributed by atoms with Gasteiger partial charge >= 0.3 is 6.03 Å². The number of amides is 2. The van der Waals surface area contributed by atoms with E-state index in [2.05, 4.69) is 28.9 Å². The molecule has 0 heterocycles. The third kappa shape index (κ3) is 5.52. The number of nitrogens with one attached hydrogen (secondary N) is 2. The van der Waals surface area contributed by atoms with Gasteiger partial charge in [0.25, 0.3) is 0 Å². The molecule has 3 nitrogen and oxygen atoms in total. The fourth-order valence-electron chi connectivity index (χ4n) is 3.36. The molecule has 2 amide bonds. The first-order valence-electron chi connectivity index (χ1n) is 8.24. The summed E-state index contributed by atoms with van der Waals surface area (Å²) in [7, 11) is 0. The van der Waals surface area contributed by atoms with Crippen LogP contribution in [0.4, 0.5) is 9.18 Å². The van der Waals surface area contributed by atoms with Crippen molar-refractivity contribution in [3.05, 3.63) is 23.8 Å². The third-order valence-corrected chi connectivity index (χ3v) is 4.50. The van der Waals surface area contributed by atoms with E-state index < -0.39 is 6.67 Å². The molecule has 21 heavy (non-hydrogen) atoms. The van der Waals surface area contributed by atoms with Gasteiger partial charge in [-0.15, -0.1) is 0 Å². The summed E-state index contributed by atoms with van der Waals surface area (Å²) in [5.74, 6) is 0.557. The van der Waals surface area contributed by atoms with Crippen LogP contribution in [0.1, 0.15) is 51.4 Å². The number of allylic oxidation sites excluding steroid dienone is 3. The molecule has 2 rings (SSSR count). The number of urea groups is 1. The first-order valence-corrected chi connectivity index (χ1v) is 8.24. The van der Waals surface area contributed by atoms with Crippen molar-refractivity contribution in [1.29, 1.82) is 0 Å². The summed E-state index contributed by atoms with van der Waals surface area (Å²) in [5, 5.41) is 5.67. The van der Waals surface area contributed by atoms with Crippen LogP contribution in [0.25, 0.3) is 0 Å². The summed E-state index contributed by atoms with van der Waals surface area (Å²) in [5.41, 5.74) is 1.42. The van der Waals surface area contributed by atoms with Crippen molar-refractivity contribution in [3.8, 4) is 0 Å². The highest BCUT2D eigenvalue weighted by Crippen LogP contribution is 2.30. The van der Waals surface area contributed by atoms with Crippen LogP contribution in [0, 0.1) is 5.92 Å². The van der Waals surface area contributed by atoms with E-state index in [1.165, 1.54) is 37.7 Å². The van der Waals surface area contributed by atoms with Gasteiger partial charge in [-0.1, -0.05) is 43.1 Å². The van der Waals surface area contributed by atoms with Gasteiger partial charge in [-0.05, 0) is 38.0 Å². The van der Waals surface area contributed by atoms with E-state index in [-0.39, 0.29) is 18.6 Å². The zero-order valence-electron chi connectivity index (χ0n) is 12.7. The zero-order valence-corrected chi connectivity index (χ0v) is 12.7. The van der Waals surface area contributed by atoms with Crippen LogP contribution in [0.3, 0.4) is 0 Å². The van der Waals surface area contributed by atoms with E-state index in [1.807, 2.05) is 0 Å². The summed E-state index contributed by atoms with van der Waals surface area (Å²) in [6.07, 6.45) is 15.8. The van der Waals surface area contributed by atoms with E-state index in [9.17, 15) is 9.18 Å². The van der Waals surface area contributed by atoms with E-state index in [0.29, 0.717) is 5.92 Å². The number of rotatable bonds is 6. The van der Waals surface area contributed by atoms with Crippen LogP contribution < -0.4 is 10.6 Å². The summed E-state index contributed by atoms with van der Waals surface area (Å²) in [4.78, 5) is 11.9. The summed E-state index contributed by atoms with van der Waals surface area (Å²) in [6.45, 7) is -0.424. The quantitative estimate of drug-likeness (QED) is 0.767. The Morgan fingerprint density at radius 2 is 2.14 bits per heavy atom. The Kier molecular flexibility index (Phi) is 6.77. The second kappa shape index (κ2) is 8.85. The van der Waals surface area contributed by atoms with Crippen LogP contribution in [-0.2, 0) is 0 Å². The van der Waals surface area contributed by atoms with Crippen LogP contribution in [0.5, 0.6) is 0 Å². The van der Waals surface area contributed by atoms with E-state index in [0.717, 1.165) is 19.3 Å². The average molecular weight is 294 g/mol. The maximum absolute atomic E-state index is 12.2. The molecule has 0 aliphatic heterocycles. The number of hydrogen-bond acceptors (Lipinski definition) is 1. The van der Waals surface area contributed by atoms with Crippen molar-refractivity contribution >= 4 is 6.03 Å². The lowest BCUT2D eigenvalue weighted by Gasteiger charge is -2.32. The van der Waals surface area contributed by atoms with Crippen molar-refractivity contribution in [2.45, 2.75) is 57.4 Å². The first-order chi connectivity index (χ1) is 10.3. The lowest BCUT2D eigenvalue weighted by atomic mass is 9.80. The molecule has 118 valence electrons. The number of carbonyl (C=O) groups excluding carboxylic acids is 1. The Hall–Kier alpha value is -1.32. The topological polar surface area (TPSA) is 41.1 Å². The smallest absolute Gasteiger partial charge is 0.315 e. The highest BCUT2D eigenvalue weighted by atomic mass is 19.1. The molecule has 1 fully saturated rings. The lowest BCUT2D eigenvalue weighted by molar-refractivity contribution is 0.219. The van der Waals surface area contributed by atoms with Gasteiger partial charge in [-0.25, -0.2) is 9.18 Å². The van der Waals surface area contributed by atoms with Gasteiger partial charge in [-0.3, -0.25) is 0 Å². The van der Waals surface area contributed by atoms with Crippen LogP contribution in [0.2, 0.25) is 0 Å². The maximum Gasteiger partial charge on any atom is 0.315 e. The fourth-order valence-corrected chi connectivity index (χ4v) is 3.36. The van der Waals surface area contributed by atoms with Gasteiger partial charge in [0.15, 0.2) is 0 Å². The molecular formula is C17H27FN2O. The minimum Gasteiger partial charge on any atom is -0.336 e. The molecular weight excluding hydrogens is 267 g/mol. The zero-order chi connectivity index (χ0) is 14.9. The Labute approximate surface area is 127 Å². The van der Waals surface area contributed by atoms with Gasteiger partial charge in [-0.2, -0.15) is 0 Å². The molecule has 0 aromatic heterocycles. The van der Waals surface area contributed by atoms with Crippen molar-refractivity contribution in [3.63, 3.8) is 0 Å². The normalized spacial score (nSPS) is 20.7. The number of halogens is 1. The van der Waals surface area contributed by atoms with Gasteiger partial charge in [0, 0.05) is 12.6 Å². The first kappa shape index (κ1) is 16.1. The molecule has 0 aromatic rings. The maximum atomic E-state index is 12.2. The molecule has 2 N–H and O–H groups in total. The van der Waals surface area contributed by atoms with Crippen LogP contribution >= 0.6 is 0 Å². The molecule has 1 saturated carbocycles. The number of carbonyl (C=O) groups is 1. The Bertz CT molecular complexity index is 386. The van der Waals surface area contributed by atoms with E-state index in [1.54, 1.807) is 0 Å². The largest absolute Gasteiger partial charge is 0.336 e. The highest BCUT2D eigenvalue weighted by molar-refractivity contribution is 5.74. The predicted octanol–water partition coefficient (Wildman–Crippen LogP) is 3.87. The number of alkyl halides is 1. The molecule has 1 atom stereocenters. The summed E-state index contributed by atoms with van der Waals surface area (Å²) >= 11 is 0. The fraction of sp³-hybridized carbons (Fsp3) is 0.706. The second-order valence-corrected chi connectivity index (χ2v) is 6.09. The SMILES string of the molecule is O=C(NCCF)NC(CC1=CC=CCC1)C1CCCCC1. The van der Waals surface area contributed by atoms with Crippen molar-refractivity contribution in [2.24, 2.45) is 5.92 Å². The Morgan fingerprint density at radius 1 is 1.33 bits per heavy atom. The van der Waals surface area contributed by atoms with Gasteiger partial charge in [0.1, 0.15) is 6.67 Å². The molecule has 0 bridgehead atoms. The minimum atomic E-state index is -0.516. The molecule has 4 heteroatoms. The van der Waals surface area contributed by atoms with Gasteiger partial charge in [0.05, 0.1) is 0 Å². The standard InChI is InChI=1S/C17H27FN2O/c18-11-12-19-17(21)20-16(15-9-5-2-6-10-15)13-14-7-3-1-4-8-14/h1,3,7,15-16H,2,4-6,8-13H2,(H2,19,20,21). The predicted molar refractivity (Wildman–Crippen MR) is 83.9 cm³/mol. The molecule has 1 unspecified atom stereocenters. The highest BCUT2D eigenvalue weighted by Gasteiger charge is 2.25. The van der Waals surface area contributed by atoms with Gasteiger partial charge < -0.3 is 10.6 Å². The molecule has 0 saturated heterocycles. The van der Waals surface area contributed by atoms with E-state index in [4.69, 9.17) is 0 Å². The number of hydrogen-bond donors (Lipinski definition) is 2. The molecule has 0 radical (unpaired) electrons. The van der Waals surface area contributed by atoms with Crippen molar-refractivity contribution in [1.82, 2.24) is 10.6 Å². The monoisotopic (exact) mass is 294 g/mol. The van der Waals surface area contributed by atoms with Crippen molar-refractivity contribution in [2.75, 3.05) is 13.2 Å². The lowest BCUT2D eigenvalue weighted by Crippen LogP contribution is -2.46. The summed E-state index contributed by atoms with van der Waals surface area (Å²) < 4.78 is 12.2. The average Bonchev–Trinajstić information content (AvgIpc) is 2.54. The summed E-state index contributed by atoms with van der Waals surface area (Å²) in [6, 6.07) is -0.0437. The molecule has 2 aliphatic rings. The Morgan fingerprint density at radius 3 is 2.81 bits per heavy atom. The second-order valence-electron chi connectivity index (χ2n) is 6.09. The van der Waals surface area contributed by atoms with Crippen LogP contribution in [0.15, 0.2) is 23.8 Å². The molecule has 2 aliphatic carbocycles. The van der Waals surface area contributed by atoms with Crippen molar-refractivity contribution < 1.29 is 9.18 Å². The molecule has 0 spiro atoms. The van der Waals surface area contributed by atoms with E-state index >= 15 is 0 Å². The molecule has 0 aromatic carbocycles. The van der Waals surface area contributed by atoms with Gasteiger partial charge in [0.2, 0.25) is 0 Å². The minimum absolute atomic E-state index is 0.0919. The van der Waals surface area contributed by atoms with Crippen LogP contribution in [-0.4, -0.2) is 25.3 Å². The Balaban J connectivity index is 1.93. The third-order valence-electron chi connectivity index (χ3n) is 4.50.